The van der Waals surface area contributed by atoms with Crippen LogP contribution in [0.15, 0.2) is 23.1 Å². The Bertz CT molecular complexity index is 630. The zero-order chi connectivity index (χ0) is 14.9. The van der Waals surface area contributed by atoms with Gasteiger partial charge in [0.15, 0.2) is 0 Å². The summed E-state index contributed by atoms with van der Waals surface area (Å²) in [6.45, 7) is 0.0816. The highest BCUT2D eigenvalue weighted by atomic mass is 32.2. The van der Waals surface area contributed by atoms with Gasteiger partial charge < -0.3 is 5.73 Å². The van der Waals surface area contributed by atoms with Gasteiger partial charge in [-0.05, 0) is 31.0 Å². The molecule has 0 amide bonds. The fraction of sp³-hybridized carbons (Fsp3) is 0.417. The van der Waals surface area contributed by atoms with Crippen molar-refractivity contribution in [3.05, 3.63) is 29.8 Å². The molecule has 0 heterocycles. The Morgan fingerprint density at radius 2 is 2.05 bits per heavy atom. The van der Waals surface area contributed by atoms with Crippen molar-refractivity contribution in [2.75, 3.05) is 6.54 Å². The lowest BCUT2D eigenvalue weighted by Crippen LogP contribution is -2.36. The Morgan fingerprint density at radius 3 is 2.60 bits per heavy atom. The molecule has 8 heteroatoms. The van der Waals surface area contributed by atoms with E-state index in [0.717, 1.165) is 16.4 Å². The topological polar surface area (TPSA) is 63.4 Å². The minimum atomic E-state index is -4.08. The zero-order valence-corrected chi connectivity index (χ0v) is 12.2. The van der Waals surface area contributed by atoms with Gasteiger partial charge in [0.1, 0.15) is 16.5 Å². The van der Waals surface area contributed by atoms with E-state index in [1.807, 2.05) is 0 Å². The van der Waals surface area contributed by atoms with Crippen molar-refractivity contribution in [3.63, 3.8) is 0 Å². The van der Waals surface area contributed by atoms with Crippen LogP contribution in [0.3, 0.4) is 0 Å². The second-order valence-corrected chi connectivity index (χ2v) is 7.02. The molecule has 4 nitrogen and oxygen atoms in total. The average molecular weight is 320 g/mol. The monoisotopic (exact) mass is 320 g/mol. The molecule has 0 aromatic heterocycles. The van der Waals surface area contributed by atoms with Crippen LogP contribution in [0.25, 0.3) is 0 Å². The second kappa shape index (κ2) is 5.71. The summed E-state index contributed by atoms with van der Waals surface area (Å²) in [7, 11) is -4.08. The third-order valence-electron chi connectivity index (χ3n) is 3.01. The summed E-state index contributed by atoms with van der Waals surface area (Å²) in [6.07, 6.45) is 1.61. The van der Waals surface area contributed by atoms with E-state index >= 15 is 0 Å². The lowest BCUT2D eigenvalue weighted by atomic mass is 10.3. The Kier molecular flexibility index (Phi) is 4.36. The summed E-state index contributed by atoms with van der Waals surface area (Å²) in [5, 5.41) is 0. The lowest BCUT2D eigenvalue weighted by molar-refractivity contribution is 0.408. The van der Waals surface area contributed by atoms with Crippen molar-refractivity contribution in [1.29, 1.82) is 0 Å². The highest BCUT2D eigenvalue weighted by molar-refractivity contribution is 7.89. The summed E-state index contributed by atoms with van der Waals surface area (Å²) < 4.78 is 52.9. The van der Waals surface area contributed by atoms with E-state index in [2.05, 4.69) is 0 Å². The first-order valence-corrected chi connectivity index (χ1v) is 7.92. The molecule has 1 aromatic rings. The highest BCUT2D eigenvalue weighted by Gasteiger charge is 2.39. The highest BCUT2D eigenvalue weighted by Crippen LogP contribution is 2.33. The number of benzene rings is 1. The maximum Gasteiger partial charge on any atom is 0.246 e. The van der Waals surface area contributed by atoms with Crippen LogP contribution in [-0.4, -0.2) is 30.3 Å². The summed E-state index contributed by atoms with van der Waals surface area (Å²) >= 11 is 4.73. The minimum absolute atomic E-state index is 0.0816. The van der Waals surface area contributed by atoms with Crippen molar-refractivity contribution in [1.82, 2.24) is 4.31 Å². The van der Waals surface area contributed by atoms with E-state index in [4.69, 9.17) is 18.0 Å². The first-order chi connectivity index (χ1) is 9.32. The van der Waals surface area contributed by atoms with Crippen molar-refractivity contribution < 1.29 is 17.2 Å². The lowest BCUT2D eigenvalue weighted by Gasteiger charge is -2.22. The van der Waals surface area contributed by atoms with Crippen LogP contribution in [0, 0.1) is 11.6 Å². The number of hydrogen-bond donors (Lipinski definition) is 1. The van der Waals surface area contributed by atoms with E-state index < -0.39 is 26.6 Å². The van der Waals surface area contributed by atoms with E-state index in [-0.39, 0.29) is 24.0 Å². The maximum atomic E-state index is 13.7. The molecular formula is C12H14F2N2O2S2. The van der Waals surface area contributed by atoms with Crippen LogP contribution in [0.5, 0.6) is 0 Å². The van der Waals surface area contributed by atoms with Crippen LogP contribution >= 0.6 is 12.2 Å². The molecule has 2 rings (SSSR count). The molecule has 0 atom stereocenters. The van der Waals surface area contributed by atoms with Crippen molar-refractivity contribution in [2.24, 2.45) is 5.73 Å². The molecule has 0 spiro atoms. The summed E-state index contributed by atoms with van der Waals surface area (Å²) in [5.74, 6) is -1.76. The normalized spacial score (nSPS) is 15.6. The third-order valence-corrected chi connectivity index (χ3v) is 5.18. The van der Waals surface area contributed by atoms with Crippen LogP contribution < -0.4 is 5.73 Å². The van der Waals surface area contributed by atoms with Crippen LogP contribution in [0.2, 0.25) is 0 Å². The quantitative estimate of drug-likeness (QED) is 0.812. The van der Waals surface area contributed by atoms with Gasteiger partial charge in [-0.25, -0.2) is 17.2 Å². The average Bonchev–Trinajstić information content (AvgIpc) is 3.16. The Morgan fingerprint density at radius 1 is 1.40 bits per heavy atom. The number of nitrogens with zero attached hydrogens (tertiary/aromatic N) is 1. The Hall–Kier alpha value is -1.12. The van der Waals surface area contributed by atoms with Crippen molar-refractivity contribution >= 4 is 27.2 Å². The smallest absolute Gasteiger partial charge is 0.246 e. The van der Waals surface area contributed by atoms with Gasteiger partial charge in [-0.3, -0.25) is 0 Å². The predicted octanol–water partition coefficient (Wildman–Crippen LogP) is 1.79. The number of thiocarbonyl (C=S) groups is 1. The van der Waals surface area contributed by atoms with E-state index in [1.165, 1.54) is 0 Å². The first kappa shape index (κ1) is 15.3. The number of sulfonamides is 1. The number of halogens is 2. The molecule has 1 saturated carbocycles. The van der Waals surface area contributed by atoms with Gasteiger partial charge in [0.2, 0.25) is 10.0 Å². The minimum Gasteiger partial charge on any atom is -0.393 e. The fourth-order valence-electron chi connectivity index (χ4n) is 1.88. The third kappa shape index (κ3) is 3.31. The standard InChI is InChI=1S/C12H14F2N2O2S2/c13-8-1-4-10(14)11(7-8)20(17,18)16(9-2-3-9)6-5-12(15)19/h1,4,7,9H,2-3,5-6H2,(H2,15,19). The van der Waals surface area contributed by atoms with Crippen LogP contribution in [-0.2, 0) is 10.0 Å². The van der Waals surface area contributed by atoms with Crippen molar-refractivity contribution in [3.8, 4) is 0 Å². The zero-order valence-electron chi connectivity index (χ0n) is 10.6. The Balaban J connectivity index is 2.35. The number of nitrogens with two attached hydrogens (primary N) is 1. The fourth-order valence-corrected chi connectivity index (χ4v) is 3.74. The largest absolute Gasteiger partial charge is 0.393 e. The molecular weight excluding hydrogens is 306 g/mol. The van der Waals surface area contributed by atoms with Gasteiger partial charge in [-0.2, -0.15) is 4.31 Å². The van der Waals surface area contributed by atoms with Gasteiger partial charge in [-0.1, -0.05) is 12.2 Å². The second-order valence-electron chi connectivity index (χ2n) is 4.64. The summed E-state index contributed by atoms with van der Waals surface area (Å²) in [5.41, 5.74) is 5.37. The molecule has 0 aliphatic heterocycles. The molecule has 1 fully saturated rings. The predicted molar refractivity (Wildman–Crippen MR) is 74.7 cm³/mol. The number of hydrogen-bond acceptors (Lipinski definition) is 3. The van der Waals surface area contributed by atoms with Gasteiger partial charge >= 0.3 is 0 Å². The summed E-state index contributed by atoms with van der Waals surface area (Å²) in [6, 6.07) is 2.20. The molecule has 0 radical (unpaired) electrons. The molecule has 1 aliphatic rings. The molecule has 1 aromatic carbocycles. The first-order valence-electron chi connectivity index (χ1n) is 6.07. The van der Waals surface area contributed by atoms with Crippen LogP contribution in [0.4, 0.5) is 8.78 Å². The van der Waals surface area contributed by atoms with E-state index in [9.17, 15) is 17.2 Å². The molecule has 0 unspecified atom stereocenters. The van der Waals surface area contributed by atoms with Gasteiger partial charge in [-0.15, -0.1) is 0 Å². The molecule has 0 bridgehead atoms. The van der Waals surface area contributed by atoms with Gasteiger partial charge in [0.05, 0.1) is 4.99 Å². The molecule has 0 saturated heterocycles. The molecule has 20 heavy (non-hydrogen) atoms. The van der Waals surface area contributed by atoms with Crippen molar-refractivity contribution in [2.45, 2.75) is 30.2 Å². The van der Waals surface area contributed by atoms with E-state index in [1.54, 1.807) is 0 Å². The number of rotatable bonds is 6. The van der Waals surface area contributed by atoms with E-state index in [0.29, 0.717) is 18.9 Å². The molecule has 1 aliphatic carbocycles. The SMILES string of the molecule is NC(=S)CCN(C1CC1)S(=O)(=O)c1cc(F)ccc1F. The molecule has 110 valence electrons. The maximum absolute atomic E-state index is 13.7. The van der Waals surface area contributed by atoms with Gasteiger partial charge in [0, 0.05) is 19.0 Å². The summed E-state index contributed by atoms with van der Waals surface area (Å²) in [4.78, 5) is -0.460. The molecule has 2 N–H and O–H groups in total. The van der Waals surface area contributed by atoms with Gasteiger partial charge in [0.25, 0.3) is 0 Å². The Labute approximate surface area is 121 Å². The van der Waals surface area contributed by atoms with Crippen LogP contribution in [0.1, 0.15) is 19.3 Å².